The van der Waals surface area contributed by atoms with Gasteiger partial charge >= 0.3 is 0 Å². The average Bonchev–Trinajstić information content (AvgIpc) is 2.25. The first kappa shape index (κ1) is 11.1. The number of hydrogen-bond donors (Lipinski definition) is 2. The number of nitrogens with one attached hydrogen (secondary N) is 1. The topological polar surface area (TPSA) is 63.8 Å². The second-order valence-electron chi connectivity index (χ2n) is 3.09. The molecular formula is C10H8FIN4. The van der Waals surface area contributed by atoms with Gasteiger partial charge < -0.3 is 11.1 Å². The average molecular weight is 330 g/mol. The maximum Gasteiger partial charge on any atom is 0.227 e. The van der Waals surface area contributed by atoms with Crippen LogP contribution >= 0.6 is 22.6 Å². The van der Waals surface area contributed by atoms with Crippen molar-refractivity contribution in [1.29, 1.82) is 0 Å². The molecule has 2 rings (SSSR count). The second kappa shape index (κ2) is 4.60. The third-order valence-corrected chi connectivity index (χ3v) is 2.74. The molecular weight excluding hydrogens is 322 g/mol. The van der Waals surface area contributed by atoms with Crippen LogP contribution in [0.1, 0.15) is 0 Å². The molecule has 16 heavy (non-hydrogen) atoms. The fourth-order valence-corrected chi connectivity index (χ4v) is 1.73. The minimum atomic E-state index is -0.270. The molecule has 0 radical (unpaired) electrons. The van der Waals surface area contributed by atoms with Crippen molar-refractivity contribution < 1.29 is 4.39 Å². The number of halogens is 2. The molecule has 0 aliphatic rings. The highest BCUT2D eigenvalue weighted by Crippen LogP contribution is 2.21. The molecule has 3 N–H and O–H groups in total. The third kappa shape index (κ3) is 2.57. The lowest BCUT2D eigenvalue weighted by Crippen LogP contribution is -1.99. The van der Waals surface area contributed by atoms with Crippen molar-refractivity contribution in [3.8, 4) is 0 Å². The quantitative estimate of drug-likeness (QED) is 0.831. The minimum Gasteiger partial charge on any atom is -0.396 e. The molecule has 6 heteroatoms. The highest BCUT2D eigenvalue weighted by Gasteiger charge is 2.03. The van der Waals surface area contributed by atoms with Crippen molar-refractivity contribution in [2.45, 2.75) is 0 Å². The molecule has 0 spiro atoms. The van der Waals surface area contributed by atoms with E-state index in [2.05, 4.69) is 15.3 Å². The summed E-state index contributed by atoms with van der Waals surface area (Å²) in [7, 11) is 0. The molecule has 0 atom stereocenters. The Bertz CT molecular complexity index is 501. The van der Waals surface area contributed by atoms with E-state index < -0.39 is 0 Å². The number of nitrogen functional groups attached to an aromatic ring is 1. The Hall–Kier alpha value is -1.44. The van der Waals surface area contributed by atoms with E-state index in [1.165, 1.54) is 24.5 Å². The monoisotopic (exact) mass is 330 g/mol. The van der Waals surface area contributed by atoms with Gasteiger partial charge in [-0.05, 0) is 40.8 Å². The Morgan fingerprint density at radius 3 is 2.56 bits per heavy atom. The van der Waals surface area contributed by atoms with E-state index in [-0.39, 0.29) is 5.82 Å². The summed E-state index contributed by atoms with van der Waals surface area (Å²) in [6.45, 7) is 0. The molecule has 1 aromatic heterocycles. The van der Waals surface area contributed by atoms with Gasteiger partial charge in [0, 0.05) is 3.57 Å². The number of benzene rings is 1. The Labute approximate surface area is 105 Å². The summed E-state index contributed by atoms with van der Waals surface area (Å²) in [5, 5.41) is 2.97. The molecule has 0 saturated heterocycles. The largest absolute Gasteiger partial charge is 0.396 e. The number of rotatable bonds is 2. The lowest BCUT2D eigenvalue weighted by atomic mass is 10.3. The van der Waals surface area contributed by atoms with E-state index in [0.717, 1.165) is 9.26 Å². The molecule has 0 aliphatic carbocycles. The van der Waals surface area contributed by atoms with E-state index in [0.29, 0.717) is 11.6 Å². The SMILES string of the molecule is Nc1cnc(Nc2ccc(F)cc2I)nc1. The zero-order valence-electron chi connectivity index (χ0n) is 8.11. The van der Waals surface area contributed by atoms with Gasteiger partial charge in [-0.1, -0.05) is 0 Å². The first-order valence-corrected chi connectivity index (χ1v) is 5.52. The van der Waals surface area contributed by atoms with E-state index in [1.54, 1.807) is 6.07 Å². The molecule has 0 aliphatic heterocycles. The Balaban J connectivity index is 2.23. The summed E-state index contributed by atoms with van der Waals surface area (Å²) in [6, 6.07) is 4.44. The molecule has 0 bridgehead atoms. The van der Waals surface area contributed by atoms with Crippen LogP contribution < -0.4 is 11.1 Å². The van der Waals surface area contributed by atoms with Crippen molar-refractivity contribution in [1.82, 2.24) is 9.97 Å². The molecule has 0 saturated carbocycles. The molecule has 1 heterocycles. The second-order valence-corrected chi connectivity index (χ2v) is 4.25. The van der Waals surface area contributed by atoms with E-state index in [1.807, 2.05) is 22.6 Å². The Morgan fingerprint density at radius 1 is 1.25 bits per heavy atom. The summed E-state index contributed by atoms with van der Waals surface area (Å²) in [5.74, 6) is 0.159. The molecule has 0 amide bonds. The van der Waals surface area contributed by atoms with Crippen LogP contribution in [0.15, 0.2) is 30.6 Å². The van der Waals surface area contributed by atoms with Gasteiger partial charge in [0.1, 0.15) is 5.82 Å². The molecule has 2 aromatic rings. The van der Waals surface area contributed by atoms with Crippen molar-refractivity contribution in [3.63, 3.8) is 0 Å². The van der Waals surface area contributed by atoms with Crippen LogP contribution in [0.5, 0.6) is 0 Å². The normalized spacial score (nSPS) is 10.1. The lowest BCUT2D eigenvalue weighted by Gasteiger charge is -2.06. The number of anilines is 3. The van der Waals surface area contributed by atoms with Gasteiger partial charge in [-0.2, -0.15) is 0 Å². The maximum absolute atomic E-state index is 12.9. The van der Waals surface area contributed by atoms with Gasteiger partial charge in [0.25, 0.3) is 0 Å². The number of aromatic nitrogens is 2. The minimum absolute atomic E-state index is 0.270. The molecule has 82 valence electrons. The van der Waals surface area contributed by atoms with Gasteiger partial charge in [-0.3, -0.25) is 0 Å². The highest BCUT2D eigenvalue weighted by atomic mass is 127. The fraction of sp³-hybridized carbons (Fsp3) is 0. The summed E-state index contributed by atoms with van der Waals surface area (Å²) < 4.78 is 13.6. The van der Waals surface area contributed by atoms with E-state index in [4.69, 9.17) is 5.73 Å². The van der Waals surface area contributed by atoms with E-state index in [9.17, 15) is 4.39 Å². The van der Waals surface area contributed by atoms with Crippen LogP contribution in [-0.4, -0.2) is 9.97 Å². The first-order chi connectivity index (χ1) is 7.65. The first-order valence-electron chi connectivity index (χ1n) is 4.45. The Morgan fingerprint density at radius 2 is 1.94 bits per heavy atom. The third-order valence-electron chi connectivity index (χ3n) is 1.85. The molecule has 4 nitrogen and oxygen atoms in total. The van der Waals surface area contributed by atoms with Crippen LogP contribution in [0.4, 0.5) is 21.7 Å². The van der Waals surface area contributed by atoms with Gasteiger partial charge in [0.05, 0.1) is 23.8 Å². The van der Waals surface area contributed by atoms with Crippen LogP contribution in [0, 0.1) is 9.39 Å². The zero-order valence-corrected chi connectivity index (χ0v) is 10.3. The van der Waals surface area contributed by atoms with Crippen molar-refractivity contribution in [2.24, 2.45) is 0 Å². The van der Waals surface area contributed by atoms with Crippen LogP contribution in [0.3, 0.4) is 0 Å². The standard InChI is InChI=1S/C10H8FIN4/c11-6-1-2-9(8(12)3-6)16-10-14-4-7(13)5-15-10/h1-5H,13H2,(H,14,15,16). The molecule has 1 aromatic carbocycles. The zero-order chi connectivity index (χ0) is 11.5. The van der Waals surface area contributed by atoms with Crippen LogP contribution in [-0.2, 0) is 0 Å². The lowest BCUT2D eigenvalue weighted by molar-refractivity contribution is 0.627. The van der Waals surface area contributed by atoms with Crippen molar-refractivity contribution in [2.75, 3.05) is 11.1 Å². The van der Waals surface area contributed by atoms with Crippen molar-refractivity contribution >= 4 is 39.9 Å². The predicted octanol–water partition coefficient (Wildman–Crippen LogP) is 2.55. The summed E-state index contributed by atoms with van der Waals surface area (Å²) in [4.78, 5) is 7.99. The summed E-state index contributed by atoms with van der Waals surface area (Å²) >= 11 is 2.04. The number of hydrogen-bond acceptors (Lipinski definition) is 4. The smallest absolute Gasteiger partial charge is 0.227 e. The predicted molar refractivity (Wildman–Crippen MR) is 68.8 cm³/mol. The van der Waals surface area contributed by atoms with Gasteiger partial charge in [-0.15, -0.1) is 0 Å². The number of nitrogens with zero attached hydrogens (tertiary/aromatic N) is 2. The van der Waals surface area contributed by atoms with Crippen LogP contribution in [0.25, 0.3) is 0 Å². The number of nitrogens with two attached hydrogens (primary N) is 1. The van der Waals surface area contributed by atoms with Crippen LogP contribution in [0.2, 0.25) is 0 Å². The summed E-state index contributed by atoms with van der Waals surface area (Å²) in [5.41, 5.74) is 6.72. The molecule has 0 unspecified atom stereocenters. The van der Waals surface area contributed by atoms with Crippen molar-refractivity contribution in [3.05, 3.63) is 40.0 Å². The van der Waals surface area contributed by atoms with Gasteiger partial charge in [-0.25, -0.2) is 14.4 Å². The fourth-order valence-electron chi connectivity index (χ4n) is 1.11. The highest BCUT2D eigenvalue weighted by molar-refractivity contribution is 14.1. The maximum atomic E-state index is 12.9. The van der Waals surface area contributed by atoms with Gasteiger partial charge in [0.15, 0.2) is 0 Å². The summed E-state index contributed by atoms with van der Waals surface area (Å²) in [6.07, 6.45) is 3.01. The van der Waals surface area contributed by atoms with Gasteiger partial charge in [0.2, 0.25) is 5.95 Å². The van der Waals surface area contributed by atoms with E-state index >= 15 is 0 Å². The molecule has 0 fully saturated rings. The Kier molecular flexibility index (Phi) is 3.18.